The molecule has 20 heavy (non-hydrogen) atoms. The molecule has 2 rings (SSSR count). The topological polar surface area (TPSA) is 32.3 Å². The maximum absolute atomic E-state index is 12.4. The van der Waals surface area contributed by atoms with Gasteiger partial charge in [-0.25, -0.2) is 0 Å². The van der Waals surface area contributed by atoms with Gasteiger partial charge in [-0.2, -0.15) is 0 Å². The summed E-state index contributed by atoms with van der Waals surface area (Å²) in [6.45, 7) is 2.56. The standard InChI is InChI=1S/C15H17ClN2OS/c1-10-8-11(4-6-13(10)17-2)15(19)18(3)9-12-5-7-14(16)20-12/h4-8,17H,9H2,1-3H3. The van der Waals surface area contributed by atoms with Crippen molar-refractivity contribution in [3.05, 3.63) is 50.7 Å². The van der Waals surface area contributed by atoms with Crippen LogP contribution in [0.4, 0.5) is 5.69 Å². The van der Waals surface area contributed by atoms with Crippen molar-refractivity contribution in [2.24, 2.45) is 0 Å². The molecular formula is C15H17ClN2OS. The summed E-state index contributed by atoms with van der Waals surface area (Å²) < 4.78 is 0.745. The van der Waals surface area contributed by atoms with E-state index >= 15 is 0 Å². The number of aryl methyl sites for hydroxylation is 1. The summed E-state index contributed by atoms with van der Waals surface area (Å²) in [5, 5.41) is 3.10. The minimum Gasteiger partial charge on any atom is -0.388 e. The number of benzene rings is 1. The summed E-state index contributed by atoms with van der Waals surface area (Å²) in [7, 11) is 3.67. The SMILES string of the molecule is CNc1ccc(C(=O)N(C)Cc2ccc(Cl)s2)cc1C. The predicted molar refractivity (Wildman–Crippen MR) is 85.9 cm³/mol. The third kappa shape index (κ3) is 3.32. The number of rotatable bonds is 4. The van der Waals surface area contributed by atoms with Crippen LogP contribution in [0.5, 0.6) is 0 Å². The summed E-state index contributed by atoms with van der Waals surface area (Å²) in [6, 6.07) is 9.49. The van der Waals surface area contributed by atoms with E-state index in [0.29, 0.717) is 12.1 Å². The van der Waals surface area contributed by atoms with Crippen LogP contribution in [0.2, 0.25) is 4.34 Å². The second kappa shape index (κ2) is 6.29. The quantitative estimate of drug-likeness (QED) is 0.925. The third-order valence-electron chi connectivity index (χ3n) is 3.11. The summed E-state index contributed by atoms with van der Waals surface area (Å²) in [5.41, 5.74) is 2.80. The number of amides is 1. The summed E-state index contributed by atoms with van der Waals surface area (Å²) in [4.78, 5) is 15.2. The molecule has 0 aliphatic carbocycles. The van der Waals surface area contributed by atoms with E-state index in [2.05, 4.69) is 5.32 Å². The van der Waals surface area contributed by atoms with E-state index in [1.54, 1.807) is 11.9 Å². The van der Waals surface area contributed by atoms with Crippen molar-refractivity contribution in [2.75, 3.05) is 19.4 Å². The minimum absolute atomic E-state index is 0.0141. The number of carbonyl (C=O) groups is 1. The Bertz CT molecular complexity index is 624. The molecule has 1 amide bonds. The van der Waals surface area contributed by atoms with Crippen LogP contribution < -0.4 is 5.32 Å². The largest absolute Gasteiger partial charge is 0.388 e. The van der Waals surface area contributed by atoms with Gasteiger partial charge in [0.25, 0.3) is 5.91 Å². The van der Waals surface area contributed by atoms with Crippen LogP contribution in [0.3, 0.4) is 0 Å². The first-order valence-corrected chi connectivity index (χ1v) is 7.49. The lowest BCUT2D eigenvalue weighted by atomic mass is 10.1. The molecule has 5 heteroatoms. The lowest BCUT2D eigenvalue weighted by Crippen LogP contribution is -2.25. The number of hydrogen-bond donors (Lipinski definition) is 1. The van der Waals surface area contributed by atoms with Gasteiger partial charge in [-0.3, -0.25) is 4.79 Å². The fourth-order valence-corrected chi connectivity index (χ4v) is 3.18. The van der Waals surface area contributed by atoms with Gasteiger partial charge in [0, 0.05) is 30.2 Å². The average Bonchev–Trinajstić information content (AvgIpc) is 2.83. The first kappa shape index (κ1) is 14.9. The molecule has 0 fully saturated rings. The van der Waals surface area contributed by atoms with Gasteiger partial charge in [0.1, 0.15) is 0 Å². The zero-order valence-electron chi connectivity index (χ0n) is 11.7. The molecule has 1 N–H and O–H groups in total. The van der Waals surface area contributed by atoms with E-state index in [-0.39, 0.29) is 5.91 Å². The van der Waals surface area contributed by atoms with Crippen LogP contribution >= 0.6 is 22.9 Å². The molecule has 0 radical (unpaired) electrons. The summed E-state index contributed by atoms with van der Waals surface area (Å²) in [6.07, 6.45) is 0. The van der Waals surface area contributed by atoms with Crippen molar-refractivity contribution in [2.45, 2.75) is 13.5 Å². The second-order valence-corrected chi connectivity index (χ2v) is 6.45. The van der Waals surface area contributed by atoms with Gasteiger partial charge >= 0.3 is 0 Å². The van der Waals surface area contributed by atoms with E-state index in [1.165, 1.54) is 11.3 Å². The number of nitrogens with one attached hydrogen (secondary N) is 1. The average molecular weight is 309 g/mol. The molecule has 0 unspecified atom stereocenters. The van der Waals surface area contributed by atoms with Gasteiger partial charge in [-0.1, -0.05) is 11.6 Å². The van der Waals surface area contributed by atoms with Crippen molar-refractivity contribution in [1.82, 2.24) is 4.90 Å². The van der Waals surface area contributed by atoms with Crippen LogP contribution in [0.25, 0.3) is 0 Å². The molecule has 0 aliphatic heterocycles. The Balaban J connectivity index is 2.12. The maximum atomic E-state index is 12.4. The predicted octanol–water partition coefficient (Wildman–Crippen LogP) is 4.02. The van der Waals surface area contributed by atoms with Crippen molar-refractivity contribution in [3.63, 3.8) is 0 Å². The molecule has 1 heterocycles. The van der Waals surface area contributed by atoms with Crippen molar-refractivity contribution < 1.29 is 4.79 Å². The van der Waals surface area contributed by atoms with E-state index in [0.717, 1.165) is 20.5 Å². The van der Waals surface area contributed by atoms with Crippen molar-refractivity contribution in [1.29, 1.82) is 0 Å². The van der Waals surface area contributed by atoms with Gasteiger partial charge < -0.3 is 10.2 Å². The maximum Gasteiger partial charge on any atom is 0.253 e. The lowest BCUT2D eigenvalue weighted by molar-refractivity contribution is 0.0786. The Morgan fingerprint density at radius 3 is 2.65 bits per heavy atom. The fraction of sp³-hybridized carbons (Fsp3) is 0.267. The highest BCUT2D eigenvalue weighted by Crippen LogP contribution is 2.23. The fourth-order valence-electron chi connectivity index (χ4n) is 2.04. The van der Waals surface area contributed by atoms with Crippen LogP contribution in [-0.2, 0) is 6.54 Å². The molecule has 0 atom stereocenters. The Hall–Kier alpha value is -1.52. The molecule has 2 aromatic rings. The first-order valence-electron chi connectivity index (χ1n) is 6.29. The molecule has 0 spiro atoms. The highest BCUT2D eigenvalue weighted by atomic mass is 35.5. The molecule has 0 bridgehead atoms. The summed E-state index contributed by atoms with van der Waals surface area (Å²) >= 11 is 7.40. The lowest BCUT2D eigenvalue weighted by Gasteiger charge is -2.17. The number of hydrogen-bond acceptors (Lipinski definition) is 3. The molecule has 1 aromatic heterocycles. The van der Waals surface area contributed by atoms with Gasteiger partial charge in [-0.15, -0.1) is 11.3 Å². The Labute approximate surface area is 128 Å². The number of nitrogens with zero attached hydrogens (tertiary/aromatic N) is 1. The van der Waals surface area contributed by atoms with Crippen LogP contribution in [-0.4, -0.2) is 24.9 Å². The Morgan fingerprint density at radius 1 is 1.35 bits per heavy atom. The number of halogens is 1. The van der Waals surface area contributed by atoms with E-state index in [1.807, 2.05) is 44.3 Å². The number of anilines is 1. The third-order valence-corrected chi connectivity index (χ3v) is 4.33. The molecule has 0 saturated heterocycles. The zero-order chi connectivity index (χ0) is 14.7. The Morgan fingerprint density at radius 2 is 2.10 bits per heavy atom. The van der Waals surface area contributed by atoms with Gasteiger partial charge in [0.15, 0.2) is 0 Å². The van der Waals surface area contributed by atoms with Crippen LogP contribution in [0, 0.1) is 6.92 Å². The van der Waals surface area contributed by atoms with E-state index in [9.17, 15) is 4.79 Å². The second-order valence-electron chi connectivity index (χ2n) is 4.65. The van der Waals surface area contributed by atoms with Crippen molar-refractivity contribution >= 4 is 34.5 Å². The zero-order valence-corrected chi connectivity index (χ0v) is 13.3. The van der Waals surface area contributed by atoms with Crippen LogP contribution in [0.1, 0.15) is 20.8 Å². The Kier molecular flexibility index (Phi) is 4.68. The smallest absolute Gasteiger partial charge is 0.253 e. The number of thiophene rings is 1. The molecule has 1 aromatic carbocycles. The van der Waals surface area contributed by atoms with Crippen LogP contribution in [0.15, 0.2) is 30.3 Å². The highest BCUT2D eigenvalue weighted by molar-refractivity contribution is 7.16. The molecular weight excluding hydrogens is 292 g/mol. The van der Waals surface area contributed by atoms with Gasteiger partial charge in [0.05, 0.1) is 10.9 Å². The van der Waals surface area contributed by atoms with E-state index in [4.69, 9.17) is 11.6 Å². The monoisotopic (exact) mass is 308 g/mol. The van der Waals surface area contributed by atoms with E-state index < -0.39 is 0 Å². The van der Waals surface area contributed by atoms with Gasteiger partial charge in [-0.05, 0) is 42.8 Å². The molecule has 0 saturated carbocycles. The minimum atomic E-state index is 0.0141. The molecule has 0 aliphatic rings. The highest BCUT2D eigenvalue weighted by Gasteiger charge is 2.13. The normalized spacial score (nSPS) is 10.4. The molecule has 3 nitrogen and oxygen atoms in total. The van der Waals surface area contributed by atoms with Gasteiger partial charge in [0.2, 0.25) is 0 Å². The first-order chi connectivity index (χ1) is 9.51. The molecule has 106 valence electrons. The van der Waals surface area contributed by atoms with Crippen molar-refractivity contribution in [3.8, 4) is 0 Å². The number of carbonyl (C=O) groups excluding carboxylic acids is 1. The summed E-state index contributed by atoms with van der Waals surface area (Å²) in [5.74, 6) is 0.0141.